The standard InChI is InChI=1S/C27H32F3N5O3/c28-27(29,30)21-1-2-23-24(17-21)34(15-16-36)26(38)35(23)22-7-13-33(14-8-22)25(37)20-5-11-32(12-6-20)18-19-3-9-31-10-4-19/h1-4,9-10,17,20,22,36H,5-8,11-16,18H2. The predicted molar refractivity (Wildman–Crippen MR) is 135 cm³/mol. The molecule has 11 heteroatoms. The SMILES string of the molecule is O=C(C1CCN(Cc2ccncc2)CC1)N1CCC(n2c(=O)n(CCO)c3cc(C(F)(F)F)ccc32)CC1. The van der Waals surface area contributed by atoms with Gasteiger partial charge in [-0.2, -0.15) is 13.2 Å². The second kappa shape index (κ2) is 10.9. The third-order valence-corrected chi connectivity index (χ3v) is 7.85. The fraction of sp³-hybridized carbons (Fsp3) is 0.519. The van der Waals surface area contributed by atoms with Crippen molar-refractivity contribution in [3.8, 4) is 0 Å². The van der Waals surface area contributed by atoms with Crippen LogP contribution in [0.3, 0.4) is 0 Å². The van der Waals surface area contributed by atoms with E-state index < -0.39 is 17.4 Å². The van der Waals surface area contributed by atoms with Crippen LogP contribution in [0.1, 0.15) is 42.9 Å². The molecule has 2 aliphatic rings. The summed E-state index contributed by atoms with van der Waals surface area (Å²) in [4.78, 5) is 34.7. The van der Waals surface area contributed by atoms with Crippen molar-refractivity contribution in [2.75, 3.05) is 32.8 Å². The van der Waals surface area contributed by atoms with Crippen LogP contribution in [-0.2, 0) is 24.1 Å². The van der Waals surface area contributed by atoms with Gasteiger partial charge in [-0.25, -0.2) is 4.79 Å². The number of likely N-dealkylation sites (tertiary alicyclic amines) is 2. The van der Waals surface area contributed by atoms with Crippen LogP contribution < -0.4 is 5.69 Å². The summed E-state index contributed by atoms with van der Waals surface area (Å²) in [5.74, 6) is 0.132. The lowest BCUT2D eigenvalue weighted by atomic mass is 9.93. The molecule has 0 saturated carbocycles. The topological polar surface area (TPSA) is 83.6 Å². The summed E-state index contributed by atoms with van der Waals surface area (Å²) < 4.78 is 42.7. The van der Waals surface area contributed by atoms with E-state index in [0.29, 0.717) is 31.4 Å². The number of rotatable bonds is 6. The molecular formula is C27H32F3N5O3. The summed E-state index contributed by atoms with van der Waals surface area (Å²) in [6, 6.07) is 7.08. The van der Waals surface area contributed by atoms with Gasteiger partial charge in [0.25, 0.3) is 0 Å². The minimum Gasteiger partial charge on any atom is -0.395 e. The Morgan fingerprint density at radius 3 is 2.29 bits per heavy atom. The van der Waals surface area contributed by atoms with Crippen molar-refractivity contribution in [1.29, 1.82) is 0 Å². The second-order valence-electron chi connectivity index (χ2n) is 10.2. The van der Waals surface area contributed by atoms with Crippen molar-refractivity contribution in [2.24, 2.45) is 5.92 Å². The highest BCUT2D eigenvalue weighted by Crippen LogP contribution is 2.33. The molecule has 1 N–H and O–H groups in total. The van der Waals surface area contributed by atoms with Crippen molar-refractivity contribution in [3.05, 3.63) is 64.3 Å². The van der Waals surface area contributed by atoms with Gasteiger partial charge in [-0.1, -0.05) is 0 Å². The molecule has 0 radical (unpaired) electrons. The Labute approximate surface area is 218 Å². The first-order chi connectivity index (χ1) is 18.3. The average Bonchev–Trinajstić information content (AvgIpc) is 3.19. The molecule has 2 aromatic heterocycles. The van der Waals surface area contributed by atoms with Gasteiger partial charge < -0.3 is 10.0 Å². The number of imidazole rings is 1. The lowest BCUT2D eigenvalue weighted by Crippen LogP contribution is -2.46. The fourth-order valence-corrected chi connectivity index (χ4v) is 5.81. The van der Waals surface area contributed by atoms with E-state index in [9.17, 15) is 27.9 Å². The molecule has 3 aromatic rings. The van der Waals surface area contributed by atoms with Crippen molar-refractivity contribution in [3.63, 3.8) is 0 Å². The van der Waals surface area contributed by atoms with Gasteiger partial charge in [0.2, 0.25) is 5.91 Å². The molecule has 1 amide bonds. The van der Waals surface area contributed by atoms with Gasteiger partial charge in [0.05, 0.1) is 29.7 Å². The molecule has 0 aliphatic carbocycles. The van der Waals surface area contributed by atoms with Crippen LogP contribution in [0.2, 0.25) is 0 Å². The summed E-state index contributed by atoms with van der Waals surface area (Å²) in [7, 11) is 0. The maximum atomic E-state index is 13.3. The number of nitrogens with zero attached hydrogens (tertiary/aromatic N) is 5. The molecule has 38 heavy (non-hydrogen) atoms. The normalized spacial score (nSPS) is 18.4. The van der Waals surface area contributed by atoms with Crippen LogP contribution in [0.15, 0.2) is 47.5 Å². The molecule has 2 fully saturated rings. The van der Waals surface area contributed by atoms with Crippen molar-refractivity contribution in [1.82, 2.24) is 23.9 Å². The number of amides is 1. The van der Waals surface area contributed by atoms with Crippen molar-refractivity contribution in [2.45, 2.75) is 51.0 Å². The first-order valence-corrected chi connectivity index (χ1v) is 13.1. The molecule has 0 bridgehead atoms. The van der Waals surface area contributed by atoms with Gasteiger partial charge in [-0.05, 0) is 74.7 Å². The van der Waals surface area contributed by atoms with Crippen molar-refractivity contribution >= 4 is 16.9 Å². The smallest absolute Gasteiger partial charge is 0.395 e. The number of carbonyl (C=O) groups is 1. The zero-order valence-corrected chi connectivity index (χ0v) is 21.1. The zero-order chi connectivity index (χ0) is 26.9. The summed E-state index contributed by atoms with van der Waals surface area (Å²) in [5, 5.41) is 9.42. The second-order valence-corrected chi connectivity index (χ2v) is 10.2. The monoisotopic (exact) mass is 531 g/mol. The Balaban J connectivity index is 1.24. The van der Waals surface area contributed by atoms with Crippen LogP contribution in [-0.4, -0.2) is 67.7 Å². The number of hydrogen-bond acceptors (Lipinski definition) is 5. The summed E-state index contributed by atoms with van der Waals surface area (Å²) in [5.41, 5.74) is 0.525. The Morgan fingerprint density at radius 1 is 0.974 bits per heavy atom. The van der Waals surface area contributed by atoms with Gasteiger partial charge in [0.1, 0.15) is 0 Å². The minimum absolute atomic E-state index is 0.0183. The van der Waals surface area contributed by atoms with E-state index in [1.54, 1.807) is 17.0 Å². The molecule has 2 aliphatic heterocycles. The molecule has 0 atom stereocenters. The lowest BCUT2D eigenvalue weighted by molar-refractivity contribution is -0.138. The predicted octanol–water partition coefficient (Wildman–Crippen LogP) is 3.28. The van der Waals surface area contributed by atoms with Crippen LogP contribution >= 0.6 is 0 Å². The highest BCUT2D eigenvalue weighted by molar-refractivity contribution is 5.79. The number of piperidine rings is 2. The molecule has 2 saturated heterocycles. The average molecular weight is 532 g/mol. The van der Waals surface area contributed by atoms with Crippen LogP contribution in [0, 0.1) is 5.92 Å². The van der Waals surface area contributed by atoms with Gasteiger partial charge >= 0.3 is 11.9 Å². The Kier molecular flexibility index (Phi) is 7.58. The van der Waals surface area contributed by atoms with E-state index in [2.05, 4.69) is 9.88 Å². The largest absolute Gasteiger partial charge is 0.416 e. The third kappa shape index (κ3) is 5.35. The number of carbonyl (C=O) groups excluding carboxylic acids is 1. The van der Waals surface area contributed by atoms with E-state index in [0.717, 1.165) is 44.6 Å². The molecule has 1 aromatic carbocycles. The number of aliphatic hydroxyl groups is 1. The Morgan fingerprint density at radius 2 is 1.66 bits per heavy atom. The molecule has 8 nitrogen and oxygen atoms in total. The maximum Gasteiger partial charge on any atom is 0.416 e. The molecule has 4 heterocycles. The maximum absolute atomic E-state index is 13.3. The number of halogens is 3. The van der Waals surface area contributed by atoms with Gasteiger partial charge in [-0.3, -0.25) is 23.8 Å². The number of pyridine rings is 1. The molecular weight excluding hydrogens is 499 g/mol. The van der Waals surface area contributed by atoms with E-state index in [-0.39, 0.29) is 36.5 Å². The Bertz CT molecular complexity index is 1320. The minimum atomic E-state index is -4.53. The van der Waals surface area contributed by atoms with Gasteiger partial charge in [-0.15, -0.1) is 0 Å². The summed E-state index contributed by atoms with van der Waals surface area (Å²) in [6.45, 7) is 3.12. The highest BCUT2D eigenvalue weighted by Gasteiger charge is 2.34. The number of benzene rings is 1. The van der Waals surface area contributed by atoms with Gasteiger partial charge in [0.15, 0.2) is 0 Å². The molecule has 0 unspecified atom stereocenters. The number of aromatic nitrogens is 3. The number of aliphatic hydroxyl groups excluding tert-OH is 1. The molecule has 0 spiro atoms. The number of alkyl halides is 3. The van der Waals surface area contributed by atoms with Crippen LogP contribution in [0.5, 0.6) is 0 Å². The van der Waals surface area contributed by atoms with E-state index >= 15 is 0 Å². The first kappa shape index (κ1) is 26.4. The van der Waals surface area contributed by atoms with Crippen LogP contribution in [0.25, 0.3) is 11.0 Å². The van der Waals surface area contributed by atoms with Crippen molar-refractivity contribution < 1.29 is 23.1 Å². The van der Waals surface area contributed by atoms with E-state index in [4.69, 9.17) is 0 Å². The van der Waals surface area contributed by atoms with Crippen LogP contribution in [0.4, 0.5) is 13.2 Å². The third-order valence-electron chi connectivity index (χ3n) is 7.85. The summed E-state index contributed by atoms with van der Waals surface area (Å²) >= 11 is 0. The summed E-state index contributed by atoms with van der Waals surface area (Å²) in [6.07, 6.45) is 1.74. The van der Waals surface area contributed by atoms with Gasteiger partial charge in [0, 0.05) is 44.0 Å². The van der Waals surface area contributed by atoms with E-state index in [1.165, 1.54) is 16.2 Å². The molecule has 204 valence electrons. The number of fused-ring (bicyclic) bond motifs is 1. The lowest BCUT2D eigenvalue weighted by Gasteiger charge is -2.37. The zero-order valence-electron chi connectivity index (χ0n) is 21.1. The number of hydrogen-bond donors (Lipinski definition) is 1. The Hall–Kier alpha value is -3.18. The first-order valence-electron chi connectivity index (χ1n) is 13.1. The quantitative estimate of drug-likeness (QED) is 0.528. The fourth-order valence-electron chi connectivity index (χ4n) is 5.81. The van der Waals surface area contributed by atoms with E-state index in [1.807, 2.05) is 17.0 Å². The molecule has 5 rings (SSSR count). The highest BCUT2D eigenvalue weighted by atomic mass is 19.4.